The van der Waals surface area contributed by atoms with Gasteiger partial charge in [0, 0.05) is 18.0 Å². The summed E-state index contributed by atoms with van der Waals surface area (Å²) in [6, 6.07) is 6.70. The Morgan fingerprint density at radius 1 is 1.23 bits per heavy atom. The molecule has 0 bridgehead atoms. The van der Waals surface area contributed by atoms with E-state index in [2.05, 4.69) is 12.2 Å². The quantitative estimate of drug-likeness (QED) is 0.630. The monoisotopic (exact) mass is 303 g/mol. The Morgan fingerprint density at radius 2 is 2.05 bits per heavy atom. The van der Waals surface area contributed by atoms with Crippen LogP contribution in [0.5, 0.6) is 5.75 Å². The Morgan fingerprint density at radius 3 is 2.77 bits per heavy atom. The molecule has 1 aromatic carbocycles. The lowest BCUT2D eigenvalue weighted by Crippen LogP contribution is -2.29. The fraction of sp³-hybridized carbons (Fsp3) is 0.412. The molecule has 2 aromatic rings. The Balaban J connectivity index is 2.12. The van der Waals surface area contributed by atoms with Crippen LogP contribution in [0.2, 0.25) is 0 Å². The number of amides is 1. The number of methoxy groups -OCH3 is 1. The molecule has 0 fully saturated rings. The molecule has 5 heteroatoms. The highest BCUT2D eigenvalue weighted by molar-refractivity contribution is 5.96. The predicted octanol–water partition coefficient (Wildman–Crippen LogP) is 3.11. The van der Waals surface area contributed by atoms with Crippen LogP contribution in [-0.4, -0.2) is 19.6 Å². The summed E-state index contributed by atoms with van der Waals surface area (Å²) >= 11 is 0. The fourth-order valence-corrected chi connectivity index (χ4v) is 2.23. The van der Waals surface area contributed by atoms with E-state index in [1.54, 1.807) is 31.4 Å². The molecule has 0 aliphatic heterocycles. The second-order valence-corrected chi connectivity index (χ2v) is 5.17. The summed E-state index contributed by atoms with van der Waals surface area (Å²) in [7, 11) is 1.54. The van der Waals surface area contributed by atoms with Crippen molar-refractivity contribution in [1.29, 1.82) is 0 Å². The lowest BCUT2D eigenvalue weighted by atomic mass is 10.1. The normalized spacial score (nSPS) is 10.6. The van der Waals surface area contributed by atoms with E-state index in [4.69, 9.17) is 9.15 Å². The summed E-state index contributed by atoms with van der Waals surface area (Å²) in [5.41, 5.74) is -0.191. The molecule has 0 radical (unpaired) electrons. The standard InChI is InChI=1S/C17H21NO4/c1-3-4-5-6-9-18-16(19)14-10-12-7-8-13(21-2)11-15(12)22-17(14)20/h7-8,10-11H,3-6,9H2,1-2H3,(H,18,19). The third-order valence-electron chi connectivity index (χ3n) is 3.50. The largest absolute Gasteiger partial charge is 0.497 e. The highest BCUT2D eigenvalue weighted by Gasteiger charge is 2.13. The Bertz CT molecular complexity index is 705. The van der Waals surface area contributed by atoms with Crippen LogP contribution in [0.15, 0.2) is 33.5 Å². The summed E-state index contributed by atoms with van der Waals surface area (Å²) in [6.45, 7) is 2.70. The summed E-state index contributed by atoms with van der Waals surface area (Å²) in [4.78, 5) is 24.0. The van der Waals surface area contributed by atoms with Crippen molar-refractivity contribution < 1.29 is 13.9 Å². The zero-order chi connectivity index (χ0) is 15.9. The summed E-state index contributed by atoms with van der Waals surface area (Å²) < 4.78 is 10.3. The van der Waals surface area contributed by atoms with Crippen molar-refractivity contribution in [3.8, 4) is 5.75 Å². The molecule has 118 valence electrons. The topological polar surface area (TPSA) is 68.5 Å². The number of unbranched alkanes of at least 4 members (excludes halogenated alkanes) is 3. The van der Waals surface area contributed by atoms with Crippen LogP contribution in [0.1, 0.15) is 43.0 Å². The van der Waals surface area contributed by atoms with Crippen molar-refractivity contribution in [2.75, 3.05) is 13.7 Å². The van der Waals surface area contributed by atoms with Gasteiger partial charge in [-0.25, -0.2) is 4.79 Å². The lowest BCUT2D eigenvalue weighted by molar-refractivity contribution is 0.0949. The first-order valence-electron chi connectivity index (χ1n) is 7.55. The molecule has 0 atom stereocenters. The molecule has 0 spiro atoms. The van der Waals surface area contributed by atoms with E-state index in [1.807, 2.05) is 0 Å². The number of nitrogens with one attached hydrogen (secondary N) is 1. The first-order chi connectivity index (χ1) is 10.7. The minimum atomic E-state index is -0.633. The molecule has 0 aliphatic rings. The molecule has 0 saturated heterocycles. The number of rotatable bonds is 7. The number of fused-ring (bicyclic) bond motifs is 1. The van der Waals surface area contributed by atoms with Crippen molar-refractivity contribution in [3.05, 3.63) is 40.2 Å². The lowest BCUT2D eigenvalue weighted by Gasteiger charge is -2.06. The third kappa shape index (κ3) is 3.87. The molecule has 22 heavy (non-hydrogen) atoms. The maximum absolute atomic E-state index is 12.1. The third-order valence-corrected chi connectivity index (χ3v) is 3.50. The molecule has 1 heterocycles. The van der Waals surface area contributed by atoms with Gasteiger partial charge in [-0.2, -0.15) is 0 Å². The van der Waals surface area contributed by atoms with Gasteiger partial charge in [0.05, 0.1) is 7.11 Å². The maximum Gasteiger partial charge on any atom is 0.349 e. The number of hydrogen-bond acceptors (Lipinski definition) is 4. The van der Waals surface area contributed by atoms with Crippen molar-refractivity contribution in [3.63, 3.8) is 0 Å². The number of hydrogen-bond donors (Lipinski definition) is 1. The molecule has 5 nitrogen and oxygen atoms in total. The smallest absolute Gasteiger partial charge is 0.349 e. The molecule has 0 unspecified atom stereocenters. The van der Waals surface area contributed by atoms with E-state index < -0.39 is 5.63 Å². The highest BCUT2D eigenvalue weighted by atomic mass is 16.5. The molecule has 0 aliphatic carbocycles. The summed E-state index contributed by atoms with van der Waals surface area (Å²) in [5, 5.41) is 3.45. The van der Waals surface area contributed by atoms with Gasteiger partial charge in [-0.3, -0.25) is 4.79 Å². The molecular formula is C17H21NO4. The highest BCUT2D eigenvalue weighted by Crippen LogP contribution is 2.20. The van der Waals surface area contributed by atoms with Crippen molar-refractivity contribution in [2.45, 2.75) is 32.6 Å². The summed E-state index contributed by atoms with van der Waals surface area (Å²) in [6.07, 6.45) is 4.28. The number of ether oxygens (including phenoxy) is 1. The second-order valence-electron chi connectivity index (χ2n) is 5.17. The number of carbonyl (C=O) groups excluding carboxylic acids is 1. The minimum absolute atomic E-state index is 0.0353. The van der Waals surface area contributed by atoms with Gasteiger partial charge >= 0.3 is 5.63 Å². The van der Waals surface area contributed by atoms with Crippen LogP contribution in [-0.2, 0) is 0 Å². The van der Waals surface area contributed by atoms with Crippen LogP contribution < -0.4 is 15.7 Å². The number of carbonyl (C=O) groups is 1. The Kier molecular flexibility index (Phi) is 5.58. The van der Waals surface area contributed by atoms with Gasteiger partial charge in [-0.1, -0.05) is 26.2 Å². The summed E-state index contributed by atoms with van der Waals surface area (Å²) in [5.74, 6) is 0.215. The van der Waals surface area contributed by atoms with E-state index in [0.717, 1.165) is 25.7 Å². The van der Waals surface area contributed by atoms with E-state index in [1.165, 1.54) is 0 Å². The van der Waals surface area contributed by atoms with Gasteiger partial charge in [0.25, 0.3) is 5.91 Å². The minimum Gasteiger partial charge on any atom is -0.497 e. The van der Waals surface area contributed by atoms with Gasteiger partial charge in [0.1, 0.15) is 16.9 Å². The van der Waals surface area contributed by atoms with Gasteiger partial charge in [0.15, 0.2) is 0 Å². The fourth-order valence-electron chi connectivity index (χ4n) is 2.23. The van der Waals surface area contributed by atoms with E-state index in [0.29, 0.717) is 23.3 Å². The average Bonchev–Trinajstić information content (AvgIpc) is 2.53. The first-order valence-corrected chi connectivity index (χ1v) is 7.55. The Labute approximate surface area is 129 Å². The van der Waals surface area contributed by atoms with E-state index >= 15 is 0 Å². The second kappa shape index (κ2) is 7.64. The van der Waals surface area contributed by atoms with Crippen molar-refractivity contribution in [1.82, 2.24) is 5.32 Å². The Hall–Kier alpha value is -2.30. The average molecular weight is 303 g/mol. The zero-order valence-electron chi connectivity index (χ0n) is 13.0. The SMILES string of the molecule is CCCCCCNC(=O)c1cc2ccc(OC)cc2oc1=O. The van der Waals surface area contributed by atoms with Crippen LogP contribution in [0.25, 0.3) is 11.0 Å². The van der Waals surface area contributed by atoms with Gasteiger partial charge in [-0.15, -0.1) is 0 Å². The van der Waals surface area contributed by atoms with Gasteiger partial charge in [-0.05, 0) is 24.6 Å². The van der Waals surface area contributed by atoms with Crippen LogP contribution in [0.3, 0.4) is 0 Å². The van der Waals surface area contributed by atoms with E-state index in [-0.39, 0.29) is 11.5 Å². The molecule has 1 aromatic heterocycles. The van der Waals surface area contributed by atoms with Gasteiger partial charge < -0.3 is 14.5 Å². The first kappa shape index (κ1) is 16.1. The van der Waals surface area contributed by atoms with Crippen LogP contribution in [0.4, 0.5) is 0 Å². The molecule has 0 saturated carbocycles. The van der Waals surface area contributed by atoms with Crippen LogP contribution in [0, 0.1) is 0 Å². The number of benzene rings is 1. The predicted molar refractivity (Wildman–Crippen MR) is 85.5 cm³/mol. The van der Waals surface area contributed by atoms with E-state index in [9.17, 15) is 9.59 Å². The zero-order valence-corrected chi connectivity index (χ0v) is 13.0. The van der Waals surface area contributed by atoms with Crippen LogP contribution >= 0.6 is 0 Å². The molecule has 1 N–H and O–H groups in total. The maximum atomic E-state index is 12.1. The molecule has 2 rings (SSSR count). The van der Waals surface area contributed by atoms with Gasteiger partial charge in [0.2, 0.25) is 0 Å². The van der Waals surface area contributed by atoms with Crippen molar-refractivity contribution in [2.24, 2.45) is 0 Å². The molecule has 1 amide bonds. The molecular weight excluding hydrogens is 282 g/mol. The van der Waals surface area contributed by atoms with Crippen molar-refractivity contribution >= 4 is 16.9 Å².